The maximum atomic E-state index is 12.6. The van der Waals surface area contributed by atoms with Gasteiger partial charge >= 0.3 is 0 Å². The molecule has 0 radical (unpaired) electrons. The Balaban J connectivity index is 1.62. The van der Waals surface area contributed by atoms with Gasteiger partial charge in [-0.3, -0.25) is 4.79 Å². The van der Waals surface area contributed by atoms with Crippen molar-refractivity contribution in [2.45, 2.75) is 43.6 Å². The Hall–Kier alpha value is -0.850. The van der Waals surface area contributed by atoms with Crippen LogP contribution in [-0.2, 0) is 20.7 Å². The highest BCUT2D eigenvalue weighted by Crippen LogP contribution is 2.36. The molecule has 2 aliphatic rings. The molecule has 1 aromatic rings. The van der Waals surface area contributed by atoms with E-state index in [2.05, 4.69) is 0 Å². The first-order chi connectivity index (χ1) is 11.4. The Morgan fingerprint density at radius 1 is 1.33 bits per heavy atom. The molecule has 1 amide bonds. The van der Waals surface area contributed by atoms with Crippen LogP contribution >= 0.6 is 23.2 Å². The van der Waals surface area contributed by atoms with Gasteiger partial charge in [-0.1, -0.05) is 29.3 Å². The summed E-state index contributed by atoms with van der Waals surface area (Å²) in [6.45, 7) is 1.23. The van der Waals surface area contributed by atoms with E-state index in [4.69, 9.17) is 38.4 Å². The number of carbonyl (C=O) groups is 1. The number of ether oxygens (including phenoxy) is 2. The normalized spacial score (nSPS) is 25.8. The van der Waals surface area contributed by atoms with Crippen molar-refractivity contribution in [3.05, 3.63) is 33.8 Å². The molecule has 2 fully saturated rings. The molecule has 5 nitrogen and oxygen atoms in total. The summed E-state index contributed by atoms with van der Waals surface area (Å²) in [6.07, 6.45) is 2.41. The van der Waals surface area contributed by atoms with E-state index in [0.29, 0.717) is 29.7 Å². The highest BCUT2D eigenvalue weighted by atomic mass is 35.5. The molecule has 1 spiro atoms. The number of nitrogens with zero attached hydrogens (tertiary/aromatic N) is 1. The molecular formula is C17H22Cl2N2O3. The van der Waals surface area contributed by atoms with Gasteiger partial charge in [0.25, 0.3) is 0 Å². The minimum absolute atomic E-state index is 0.0121. The Labute approximate surface area is 152 Å². The number of hydrogen-bond acceptors (Lipinski definition) is 4. The standard InChI is InChI=1S/C17H22Cl2N2O3/c1-21(16(22)9-11-2-3-12(18)13(19)8-11)15-4-5-17(10-14(15)20)23-6-7-24-17/h2-3,8,14-15H,4-7,9-10,20H2,1H3/t14-,15-/m1/s1. The van der Waals surface area contributed by atoms with Crippen LogP contribution in [0.1, 0.15) is 24.8 Å². The lowest BCUT2D eigenvalue weighted by Crippen LogP contribution is -2.56. The molecule has 0 unspecified atom stereocenters. The zero-order valence-corrected chi connectivity index (χ0v) is 15.1. The second-order valence-electron chi connectivity index (χ2n) is 6.51. The summed E-state index contributed by atoms with van der Waals surface area (Å²) < 4.78 is 11.5. The van der Waals surface area contributed by atoms with Crippen molar-refractivity contribution >= 4 is 29.1 Å². The average Bonchev–Trinajstić information content (AvgIpc) is 2.98. The first kappa shape index (κ1) is 18.0. The van der Waals surface area contributed by atoms with Gasteiger partial charge in [-0.05, 0) is 24.1 Å². The van der Waals surface area contributed by atoms with Crippen LogP contribution in [0.15, 0.2) is 18.2 Å². The molecule has 1 aliphatic heterocycles. The zero-order valence-electron chi connectivity index (χ0n) is 13.6. The van der Waals surface area contributed by atoms with Gasteiger partial charge < -0.3 is 20.1 Å². The zero-order chi connectivity index (χ0) is 17.3. The number of carbonyl (C=O) groups excluding carboxylic acids is 1. The molecule has 0 aromatic heterocycles. The van der Waals surface area contributed by atoms with Crippen molar-refractivity contribution in [3.63, 3.8) is 0 Å². The Bertz CT molecular complexity index is 620. The van der Waals surface area contributed by atoms with Crippen LogP contribution in [0.2, 0.25) is 10.0 Å². The number of rotatable bonds is 3. The first-order valence-corrected chi connectivity index (χ1v) is 8.89. The largest absolute Gasteiger partial charge is 0.347 e. The lowest BCUT2D eigenvalue weighted by atomic mass is 9.85. The van der Waals surface area contributed by atoms with E-state index in [1.54, 1.807) is 24.1 Å². The monoisotopic (exact) mass is 372 g/mol. The number of hydrogen-bond donors (Lipinski definition) is 1. The quantitative estimate of drug-likeness (QED) is 0.885. The fourth-order valence-electron chi connectivity index (χ4n) is 3.55. The average molecular weight is 373 g/mol. The smallest absolute Gasteiger partial charge is 0.227 e. The molecule has 1 aromatic carbocycles. The Morgan fingerprint density at radius 3 is 2.67 bits per heavy atom. The summed E-state index contributed by atoms with van der Waals surface area (Å²) in [6, 6.07) is 5.07. The third-order valence-electron chi connectivity index (χ3n) is 4.91. The predicted molar refractivity (Wildman–Crippen MR) is 93.2 cm³/mol. The van der Waals surface area contributed by atoms with E-state index in [-0.39, 0.29) is 24.4 Å². The van der Waals surface area contributed by atoms with E-state index in [1.165, 1.54) is 0 Å². The van der Waals surface area contributed by atoms with Gasteiger partial charge in [0.2, 0.25) is 5.91 Å². The Morgan fingerprint density at radius 2 is 2.04 bits per heavy atom. The van der Waals surface area contributed by atoms with Crippen LogP contribution in [0.25, 0.3) is 0 Å². The number of halogens is 2. The predicted octanol–water partition coefficient (Wildman–Crippen LogP) is 2.62. The van der Waals surface area contributed by atoms with Gasteiger partial charge in [-0.2, -0.15) is 0 Å². The molecule has 1 saturated carbocycles. The van der Waals surface area contributed by atoms with Crippen LogP contribution in [0.5, 0.6) is 0 Å². The number of benzene rings is 1. The Kier molecular flexibility index (Phi) is 5.37. The molecule has 1 aliphatic carbocycles. The second kappa shape index (κ2) is 7.18. The third kappa shape index (κ3) is 3.70. The number of nitrogens with two attached hydrogens (primary N) is 1. The summed E-state index contributed by atoms with van der Waals surface area (Å²) in [7, 11) is 1.80. The summed E-state index contributed by atoms with van der Waals surface area (Å²) in [5, 5.41) is 0.939. The van der Waals surface area contributed by atoms with E-state index < -0.39 is 5.79 Å². The minimum atomic E-state index is -0.538. The maximum Gasteiger partial charge on any atom is 0.227 e. The van der Waals surface area contributed by atoms with Gasteiger partial charge in [0, 0.05) is 32.0 Å². The van der Waals surface area contributed by atoms with E-state index in [0.717, 1.165) is 18.4 Å². The van der Waals surface area contributed by atoms with Crippen LogP contribution < -0.4 is 5.73 Å². The van der Waals surface area contributed by atoms with Crippen LogP contribution in [0.4, 0.5) is 0 Å². The van der Waals surface area contributed by atoms with Crippen LogP contribution in [0.3, 0.4) is 0 Å². The van der Waals surface area contributed by atoms with Gasteiger partial charge in [0.05, 0.1) is 29.7 Å². The van der Waals surface area contributed by atoms with E-state index in [1.807, 2.05) is 6.07 Å². The summed E-state index contributed by atoms with van der Waals surface area (Å²) in [5.41, 5.74) is 7.15. The second-order valence-corrected chi connectivity index (χ2v) is 7.33. The molecule has 2 atom stereocenters. The van der Waals surface area contributed by atoms with Crippen molar-refractivity contribution in [3.8, 4) is 0 Å². The van der Waals surface area contributed by atoms with Gasteiger partial charge in [-0.25, -0.2) is 0 Å². The molecule has 3 rings (SSSR count). The van der Waals surface area contributed by atoms with Gasteiger partial charge in [0.1, 0.15) is 0 Å². The van der Waals surface area contributed by atoms with Crippen molar-refractivity contribution in [2.24, 2.45) is 5.73 Å². The molecule has 0 bridgehead atoms. The van der Waals surface area contributed by atoms with Crippen molar-refractivity contribution in [1.29, 1.82) is 0 Å². The summed E-state index contributed by atoms with van der Waals surface area (Å²) in [4.78, 5) is 14.3. The highest BCUT2D eigenvalue weighted by molar-refractivity contribution is 6.42. The van der Waals surface area contributed by atoms with Gasteiger partial charge in [0.15, 0.2) is 5.79 Å². The van der Waals surface area contributed by atoms with Crippen LogP contribution in [0, 0.1) is 0 Å². The third-order valence-corrected chi connectivity index (χ3v) is 5.64. The van der Waals surface area contributed by atoms with Crippen LogP contribution in [-0.4, -0.2) is 48.9 Å². The number of likely N-dealkylation sites (N-methyl/N-ethyl adjacent to an activating group) is 1. The maximum absolute atomic E-state index is 12.6. The molecular weight excluding hydrogens is 351 g/mol. The lowest BCUT2D eigenvalue weighted by Gasteiger charge is -2.43. The molecule has 132 valence electrons. The SMILES string of the molecule is CN(C(=O)Cc1ccc(Cl)c(Cl)c1)[C@@H]1CCC2(C[C@H]1N)OCCO2. The highest BCUT2D eigenvalue weighted by Gasteiger charge is 2.45. The first-order valence-electron chi connectivity index (χ1n) is 8.13. The fraction of sp³-hybridized carbons (Fsp3) is 0.588. The fourth-order valence-corrected chi connectivity index (χ4v) is 3.87. The minimum Gasteiger partial charge on any atom is -0.347 e. The molecule has 1 saturated heterocycles. The van der Waals surface area contributed by atoms with E-state index >= 15 is 0 Å². The lowest BCUT2D eigenvalue weighted by molar-refractivity contribution is -0.188. The van der Waals surface area contributed by atoms with Crippen molar-refractivity contribution < 1.29 is 14.3 Å². The molecule has 2 N–H and O–H groups in total. The molecule has 7 heteroatoms. The van der Waals surface area contributed by atoms with E-state index in [9.17, 15) is 4.79 Å². The van der Waals surface area contributed by atoms with Crippen molar-refractivity contribution in [1.82, 2.24) is 4.90 Å². The topological polar surface area (TPSA) is 64.8 Å². The summed E-state index contributed by atoms with van der Waals surface area (Å²) >= 11 is 11.9. The molecule has 1 heterocycles. The number of amides is 1. The van der Waals surface area contributed by atoms with Crippen molar-refractivity contribution in [2.75, 3.05) is 20.3 Å². The summed E-state index contributed by atoms with van der Waals surface area (Å²) in [5.74, 6) is -0.526. The molecule has 24 heavy (non-hydrogen) atoms. The van der Waals surface area contributed by atoms with Gasteiger partial charge in [-0.15, -0.1) is 0 Å².